The van der Waals surface area contributed by atoms with Crippen LogP contribution in [0, 0.1) is 0 Å². The van der Waals surface area contributed by atoms with Gasteiger partial charge in [-0.05, 0) is 72.9 Å². The summed E-state index contributed by atoms with van der Waals surface area (Å²) in [6.07, 6.45) is 1.72. The number of halogens is 3. The van der Waals surface area contributed by atoms with Gasteiger partial charge in [-0.2, -0.15) is 0 Å². The van der Waals surface area contributed by atoms with E-state index in [-0.39, 0.29) is 12.5 Å². The molecule has 0 saturated carbocycles. The lowest BCUT2D eigenvalue weighted by atomic mass is 9.89. The molecule has 1 aliphatic heterocycles. The smallest absolute Gasteiger partial charge is 0.262 e. The van der Waals surface area contributed by atoms with E-state index in [0.29, 0.717) is 57.6 Å². The lowest BCUT2D eigenvalue weighted by Crippen LogP contribution is -2.38. The number of benzene rings is 3. The van der Waals surface area contributed by atoms with Crippen molar-refractivity contribution in [3.8, 4) is 17.2 Å². The SMILES string of the molecule is COc1ccc(Cl)cc1NC(=O)COc1ccc(C(=O)N2CCC(c3ccc(Cl)cc3Br)CC2)cc1OC. The third kappa shape index (κ3) is 6.73. The maximum Gasteiger partial charge on any atom is 0.262 e. The molecule has 4 rings (SSSR count). The van der Waals surface area contributed by atoms with Crippen molar-refractivity contribution in [2.45, 2.75) is 18.8 Å². The highest BCUT2D eigenvalue weighted by molar-refractivity contribution is 9.10. The molecule has 0 unspecified atom stereocenters. The van der Waals surface area contributed by atoms with Crippen LogP contribution in [-0.4, -0.2) is 50.6 Å². The van der Waals surface area contributed by atoms with Crippen LogP contribution < -0.4 is 19.5 Å². The van der Waals surface area contributed by atoms with E-state index in [9.17, 15) is 9.59 Å². The summed E-state index contributed by atoms with van der Waals surface area (Å²) < 4.78 is 17.4. The lowest BCUT2D eigenvalue weighted by molar-refractivity contribution is -0.118. The molecule has 10 heteroatoms. The molecule has 0 aliphatic carbocycles. The number of piperidine rings is 1. The second-order valence-corrected chi connectivity index (χ2v) is 10.5. The minimum absolute atomic E-state index is 0.0748. The summed E-state index contributed by atoms with van der Waals surface area (Å²) in [7, 11) is 2.99. The Hall–Kier alpha value is -2.94. The van der Waals surface area contributed by atoms with Gasteiger partial charge >= 0.3 is 0 Å². The molecule has 1 heterocycles. The summed E-state index contributed by atoms with van der Waals surface area (Å²) in [6.45, 7) is 1.02. The third-order valence-corrected chi connectivity index (χ3v) is 7.55. The predicted octanol–water partition coefficient (Wildman–Crippen LogP) is 6.81. The van der Waals surface area contributed by atoms with Crippen LogP contribution in [0.15, 0.2) is 59.1 Å². The van der Waals surface area contributed by atoms with Crippen molar-refractivity contribution in [1.82, 2.24) is 4.90 Å². The number of anilines is 1. The van der Waals surface area contributed by atoms with Gasteiger partial charge in [0.25, 0.3) is 11.8 Å². The van der Waals surface area contributed by atoms with Gasteiger partial charge in [0.15, 0.2) is 18.1 Å². The second-order valence-electron chi connectivity index (χ2n) is 8.78. The Morgan fingerprint density at radius 2 is 1.58 bits per heavy atom. The first-order chi connectivity index (χ1) is 18.3. The molecule has 0 atom stereocenters. The van der Waals surface area contributed by atoms with Gasteiger partial charge in [0, 0.05) is 33.2 Å². The average molecular weight is 622 g/mol. The van der Waals surface area contributed by atoms with Crippen molar-refractivity contribution < 1.29 is 23.8 Å². The van der Waals surface area contributed by atoms with Crippen LogP contribution in [-0.2, 0) is 4.79 Å². The molecule has 38 heavy (non-hydrogen) atoms. The number of hydrogen-bond acceptors (Lipinski definition) is 5. The Morgan fingerprint density at radius 1 is 0.921 bits per heavy atom. The molecule has 7 nitrogen and oxygen atoms in total. The first-order valence-electron chi connectivity index (χ1n) is 12.0. The minimum atomic E-state index is -0.400. The van der Waals surface area contributed by atoms with Gasteiger partial charge in [-0.1, -0.05) is 45.2 Å². The number of amides is 2. The fraction of sp³-hybridized carbons (Fsp3) is 0.286. The van der Waals surface area contributed by atoms with Gasteiger partial charge in [0.2, 0.25) is 0 Å². The molecule has 1 saturated heterocycles. The molecule has 200 valence electrons. The molecule has 3 aromatic carbocycles. The second kappa shape index (κ2) is 12.7. The first-order valence-corrected chi connectivity index (χ1v) is 13.5. The summed E-state index contributed by atoms with van der Waals surface area (Å²) in [5.74, 6) is 1.08. The van der Waals surface area contributed by atoms with Crippen LogP contribution in [0.5, 0.6) is 17.2 Å². The fourth-order valence-electron chi connectivity index (χ4n) is 4.44. The quantitative estimate of drug-likeness (QED) is 0.299. The predicted molar refractivity (Wildman–Crippen MR) is 152 cm³/mol. The summed E-state index contributed by atoms with van der Waals surface area (Å²) in [6, 6.07) is 15.7. The Morgan fingerprint density at radius 3 is 2.26 bits per heavy atom. The van der Waals surface area contributed by atoms with E-state index < -0.39 is 5.91 Å². The molecule has 2 amide bonds. The molecule has 3 aromatic rings. The van der Waals surface area contributed by atoms with Crippen molar-refractivity contribution in [2.24, 2.45) is 0 Å². The largest absolute Gasteiger partial charge is 0.495 e. The van der Waals surface area contributed by atoms with Gasteiger partial charge in [-0.25, -0.2) is 0 Å². The third-order valence-electron chi connectivity index (χ3n) is 6.39. The maximum absolute atomic E-state index is 13.2. The molecule has 1 aliphatic rings. The average Bonchev–Trinajstić information content (AvgIpc) is 2.91. The normalized spacial score (nSPS) is 13.7. The highest BCUT2D eigenvalue weighted by atomic mass is 79.9. The van der Waals surface area contributed by atoms with Gasteiger partial charge in [0.1, 0.15) is 5.75 Å². The molecule has 1 fully saturated rings. The number of hydrogen-bond donors (Lipinski definition) is 1. The molecular weight excluding hydrogens is 595 g/mol. The van der Waals surface area contributed by atoms with Crippen LogP contribution in [0.25, 0.3) is 0 Å². The summed E-state index contributed by atoms with van der Waals surface area (Å²) in [4.78, 5) is 27.5. The zero-order valence-corrected chi connectivity index (χ0v) is 24.0. The zero-order valence-electron chi connectivity index (χ0n) is 20.9. The summed E-state index contributed by atoms with van der Waals surface area (Å²) >= 11 is 15.7. The fourth-order valence-corrected chi connectivity index (χ4v) is 5.61. The van der Waals surface area contributed by atoms with Crippen LogP contribution in [0.1, 0.15) is 34.7 Å². The molecule has 0 aromatic heterocycles. The maximum atomic E-state index is 13.2. The highest BCUT2D eigenvalue weighted by Crippen LogP contribution is 2.35. The standard InChI is InChI=1S/C28H27BrCl2N2O5/c1-36-24-8-5-20(31)15-23(24)32-27(34)16-38-25-7-3-18(13-26(25)37-2)28(35)33-11-9-17(10-12-33)21-6-4-19(30)14-22(21)29/h3-8,13-15,17H,9-12,16H2,1-2H3,(H,32,34). The van der Waals surface area contributed by atoms with Crippen LogP contribution in [0.3, 0.4) is 0 Å². The van der Waals surface area contributed by atoms with Crippen molar-refractivity contribution in [3.63, 3.8) is 0 Å². The number of carbonyl (C=O) groups excluding carboxylic acids is 2. The van der Waals surface area contributed by atoms with E-state index in [1.54, 1.807) is 36.4 Å². The van der Waals surface area contributed by atoms with E-state index in [2.05, 4.69) is 21.2 Å². The number of rotatable bonds is 8. The van der Waals surface area contributed by atoms with E-state index in [0.717, 1.165) is 17.3 Å². The number of ether oxygens (including phenoxy) is 3. The molecule has 0 bridgehead atoms. The summed E-state index contributed by atoms with van der Waals surface area (Å²) in [5, 5.41) is 3.87. The number of nitrogens with one attached hydrogen (secondary N) is 1. The van der Waals surface area contributed by atoms with Crippen LogP contribution in [0.4, 0.5) is 5.69 Å². The van der Waals surface area contributed by atoms with E-state index in [1.807, 2.05) is 23.1 Å². The number of likely N-dealkylation sites (tertiary alicyclic amines) is 1. The number of methoxy groups -OCH3 is 2. The first kappa shape index (κ1) is 28.1. The highest BCUT2D eigenvalue weighted by Gasteiger charge is 2.26. The minimum Gasteiger partial charge on any atom is -0.495 e. The zero-order chi connectivity index (χ0) is 27.2. The van der Waals surface area contributed by atoms with Crippen molar-refractivity contribution in [2.75, 3.05) is 39.2 Å². The van der Waals surface area contributed by atoms with Gasteiger partial charge in [0.05, 0.1) is 19.9 Å². The molecular formula is C28H27BrCl2N2O5. The topological polar surface area (TPSA) is 77.1 Å². The number of carbonyl (C=O) groups is 2. The Labute approximate surface area is 240 Å². The van der Waals surface area contributed by atoms with Crippen molar-refractivity contribution in [1.29, 1.82) is 0 Å². The van der Waals surface area contributed by atoms with Crippen LogP contribution in [0.2, 0.25) is 10.0 Å². The van der Waals surface area contributed by atoms with Gasteiger partial charge in [-0.3, -0.25) is 9.59 Å². The van der Waals surface area contributed by atoms with Gasteiger partial charge < -0.3 is 24.4 Å². The Balaban J connectivity index is 1.36. The van der Waals surface area contributed by atoms with Crippen LogP contribution >= 0.6 is 39.1 Å². The van der Waals surface area contributed by atoms with E-state index in [1.165, 1.54) is 19.8 Å². The lowest BCUT2D eigenvalue weighted by Gasteiger charge is -2.33. The Kier molecular flexibility index (Phi) is 9.41. The monoisotopic (exact) mass is 620 g/mol. The van der Waals surface area contributed by atoms with Crippen molar-refractivity contribution in [3.05, 3.63) is 80.2 Å². The molecule has 0 radical (unpaired) electrons. The van der Waals surface area contributed by atoms with Gasteiger partial charge in [-0.15, -0.1) is 0 Å². The molecule has 1 N–H and O–H groups in total. The molecule has 0 spiro atoms. The van der Waals surface area contributed by atoms with Crippen molar-refractivity contribution >= 4 is 56.6 Å². The Bertz CT molecular complexity index is 1330. The van der Waals surface area contributed by atoms with E-state index >= 15 is 0 Å². The van der Waals surface area contributed by atoms with E-state index in [4.69, 9.17) is 37.4 Å². The number of nitrogens with zero attached hydrogens (tertiary/aromatic N) is 1. The summed E-state index contributed by atoms with van der Waals surface area (Å²) in [5.41, 5.74) is 2.14.